The number of fused-ring (bicyclic) bond motifs is 1. The van der Waals surface area contributed by atoms with Gasteiger partial charge in [-0.2, -0.15) is 13.2 Å². The van der Waals surface area contributed by atoms with Gasteiger partial charge in [0.25, 0.3) is 0 Å². The predicted octanol–water partition coefficient (Wildman–Crippen LogP) is 2.22. The van der Waals surface area contributed by atoms with E-state index in [9.17, 15) is 17.6 Å². The fourth-order valence-electron chi connectivity index (χ4n) is 2.61. The van der Waals surface area contributed by atoms with Crippen LogP contribution in [-0.4, -0.2) is 27.7 Å². The molecule has 0 spiro atoms. The lowest BCUT2D eigenvalue weighted by molar-refractivity contribution is -0.127. The Morgan fingerprint density at radius 1 is 1.23 bits per heavy atom. The van der Waals surface area contributed by atoms with E-state index in [-0.39, 0.29) is 12.1 Å². The van der Waals surface area contributed by atoms with Crippen LogP contribution in [0.2, 0.25) is 0 Å². The lowest BCUT2D eigenvalue weighted by Crippen LogP contribution is -2.25. The fraction of sp³-hybridized carbons (Fsp3) is 0.429. The molecule has 0 saturated carbocycles. The molecule has 1 aliphatic heterocycles. The van der Waals surface area contributed by atoms with Crippen LogP contribution in [0.25, 0.3) is 0 Å². The molecule has 0 aliphatic carbocycles. The van der Waals surface area contributed by atoms with Gasteiger partial charge in [-0.05, 0) is 23.3 Å². The van der Waals surface area contributed by atoms with Crippen molar-refractivity contribution < 1.29 is 17.6 Å². The van der Waals surface area contributed by atoms with Crippen LogP contribution in [0, 0.1) is 5.82 Å². The van der Waals surface area contributed by atoms with Crippen LogP contribution in [-0.2, 0) is 25.9 Å². The molecule has 1 aliphatic rings. The SMILES string of the molecule is Fc1ccc(Cn2nnc3c2CCNC3)c(CC(F)(F)F)c1. The molecule has 8 heteroatoms. The van der Waals surface area contributed by atoms with Gasteiger partial charge in [0.05, 0.1) is 24.4 Å². The normalized spacial score (nSPS) is 14.9. The molecular weight excluding hydrogens is 300 g/mol. The van der Waals surface area contributed by atoms with E-state index >= 15 is 0 Å². The molecule has 0 fully saturated rings. The van der Waals surface area contributed by atoms with Crippen LogP contribution in [0.1, 0.15) is 22.5 Å². The first-order valence-corrected chi connectivity index (χ1v) is 6.88. The Hall–Kier alpha value is -1.96. The number of nitrogens with one attached hydrogen (secondary N) is 1. The van der Waals surface area contributed by atoms with Gasteiger partial charge in [0.15, 0.2) is 0 Å². The van der Waals surface area contributed by atoms with Gasteiger partial charge in [-0.1, -0.05) is 11.3 Å². The van der Waals surface area contributed by atoms with E-state index in [0.29, 0.717) is 12.1 Å². The number of hydrogen-bond acceptors (Lipinski definition) is 3. The molecular formula is C14H14F4N4. The van der Waals surface area contributed by atoms with E-state index in [1.54, 1.807) is 4.68 Å². The lowest BCUT2D eigenvalue weighted by Gasteiger charge is -2.15. The van der Waals surface area contributed by atoms with Crippen LogP contribution in [0.4, 0.5) is 17.6 Å². The fourth-order valence-corrected chi connectivity index (χ4v) is 2.61. The summed E-state index contributed by atoms with van der Waals surface area (Å²) in [5, 5.41) is 11.2. The number of rotatable bonds is 3. The third-order valence-electron chi connectivity index (χ3n) is 3.63. The van der Waals surface area contributed by atoms with E-state index < -0.39 is 18.4 Å². The van der Waals surface area contributed by atoms with Crippen LogP contribution < -0.4 is 5.32 Å². The van der Waals surface area contributed by atoms with Gasteiger partial charge in [0.2, 0.25) is 0 Å². The quantitative estimate of drug-likeness (QED) is 0.884. The van der Waals surface area contributed by atoms with E-state index in [1.807, 2.05) is 0 Å². The van der Waals surface area contributed by atoms with Gasteiger partial charge >= 0.3 is 6.18 Å². The van der Waals surface area contributed by atoms with Crippen molar-refractivity contribution in [3.05, 3.63) is 46.5 Å². The molecule has 1 N–H and O–H groups in total. The van der Waals surface area contributed by atoms with E-state index in [2.05, 4.69) is 15.6 Å². The van der Waals surface area contributed by atoms with Crippen molar-refractivity contribution in [2.24, 2.45) is 0 Å². The van der Waals surface area contributed by atoms with Gasteiger partial charge in [-0.15, -0.1) is 5.10 Å². The second kappa shape index (κ2) is 5.68. The van der Waals surface area contributed by atoms with Crippen LogP contribution in [0.15, 0.2) is 18.2 Å². The number of benzene rings is 1. The molecule has 1 aromatic carbocycles. The topological polar surface area (TPSA) is 42.7 Å². The summed E-state index contributed by atoms with van der Waals surface area (Å²) in [5.74, 6) is -0.673. The third-order valence-corrected chi connectivity index (χ3v) is 3.63. The minimum atomic E-state index is -4.38. The van der Waals surface area contributed by atoms with Gasteiger partial charge in [-0.3, -0.25) is 0 Å². The van der Waals surface area contributed by atoms with Crippen molar-refractivity contribution in [2.45, 2.75) is 32.1 Å². The smallest absolute Gasteiger partial charge is 0.311 e. The van der Waals surface area contributed by atoms with Crippen molar-refractivity contribution in [3.63, 3.8) is 0 Å². The molecule has 4 nitrogen and oxygen atoms in total. The molecule has 0 bridgehead atoms. The minimum Gasteiger partial charge on any atom is -0.311 e. The number of alkyl halides is 3. The maximum absolute atomic E-state index is 13.3. The van der Waals surface area contributed by atoms with Crippen molar-refractivity contribution in [3.8, 4) is 0 Å². The summed E-state index contributed by atoms with van der Waals surface area (Å²) in [5.41, 5.74) is 2.07. The summed E-state index contributed by atoms with van der Waals surface area (Å²) in [7, 11) is 0. The van der Waals surface area contributed by atoms with Gasteiger partial charge in [0, 0.05) is 19.5 Å². The molecule has 0 saturated heterocycles. The molecule has 2 heterocycles. The van der Waals surface area contributed by atoms with Crippen molar-refractivity contribution in [2.75, 3.05) is 6.54 Å². The Bertz CT molecular complexity index is 678. The Morgan fingerprint density at radius 3 is 2.82 bits per heavy atom. The monoisotopic (exact) mass is 314 g/mol. The average molecular weight is 314 g/mol. The second-order valence-electron chi connectivity index (χ2n) is 5.27. The molecule has 0 unspecified atom stereocenters. The van der Waals surface area contributed by atoms with Crippen LogP contribution in [0.5, 0.6) is 0 Å². The molecule has 22 heavy (non-hydrogen) atoms. The average Bonchev–Trinajstić information content (AvgIpc) is 2.83. The first-order chi connectivity index (χ1) is 10.4. The van der Waals surface area contributed by atoms with Crippen molar-refractivity contribution in [1.82, 2.24) is 20.3 Å². The number of aromatic nitrogens is 3. The predicted molar refractivity (Wildman–Crippen MR) is 70.7 cm³/mol. The maximum Gasteiger partial charge on any atom is 0.393 e. The van der Waals surface area contributed by atoms with Crippen molar-refractivity contribution >= 4 is 0 Å². The van der Waals surface area contributed by atoms with Crippen LogP contribution >= 0.6 is 0 Å². The van der Waals surface area contributed by atoms with Gasteiger partial charge < -0.3 is 5.32 Å². The largest absolute Gasteiger partial charge is 0.393 e. The molecule has 2 aromatic rings. The van der Waals surface area contributed by atoms with E-state index in [4.69, 9.17) is 0 Å². The molecule has 1 aromatic heterocycles. The van der Waals surface area contributed by atoms with Gasteiger partial charge in [-0.25, -0.2) is 9.07 Å². The molecule has 0 amide bonds. The molecule has 0 atom stereocenters. The summed E-state index contributed by atoms with van der Waals surface area (Å²) >= 11 is 0. The first-order valence-electron chi connectivity index (χ1n) is 6.88. The highest BCUT2D eigenvalue weighted by molar-refractivity contribution is 5.29. The third kappa shape index (κ3) is 3.27. The number of nitrogens with zero attached hydrogens (tertiary/aromatic N) is 3. The highest BCUT2D eigenvalue weighted by Gasteiger charge is 2.29. The Kier molecular flexibility index (Phi) is 3.86. The molecule has 3 rings (SSSR count). The Labute approximate surface area is 124 Å². The summed E-state index contributed by atoms with van der Waals surface area (Å²) in [6.45, 7) is 1.54. The maximum atomic E-state index is 13.3. The standard InChI is InChI=1S/C14H14F4N4/c15-11-2-1-9(10(5-11)6-14(16,17)18)8-22-13-3-4-19-7-12(13)20-21-22/h1-2,5,19H,3-4,6-8H2. The van der Waals surface area contributed by atoms with E-state index in [0.717, 1.165) is 30.4 Å². The highest BCUT2D eigenvalue weighted by Crippen LogP contribution is 2.25. The zero-order valence-electron chi connectivity index (χ0n) is 11.6. The molecule has 118 valence electrons. The number of hydrogen-bond donors (Lipinski definition) is 1. The summed E-state index contributed by atoms with van der Waals surface area (Å²) in [6, 6.07) is 3.49. The van der Waals surface area contributed by atoms with Gasteiger partial charge in [0.1, 0.15) is 5.82 Å². The zero-order valence-corrected chi connectivity index (χ0v) is 11.6. The van der Waals surface area contributed by atoms with E-state index in [1.165, 1.54) is 12.1 Å². The highest BCUT2D eigenvalue weighted by atomic mass is 19.4. The first kappa shape index (κ1) is 15.0. The summed E-state index contributed by atoms with van der Waals surface area (Å²) < 4.78 is 52.8. The molecule has 0 radical (unpaired) electrons. The Morgan fingerprint density at radius 2 is 2.05 bits per heavy atom. The zero-order chi connectivity index (χ0) is 15.7. The Balaban J connectivity index is 1.90. The van der Waals surface area contributed by atoms with Crippen molar-refractivity contribution in [1.29, 1.82) is 0 Å². The van der Waals surface area contributed by atoms with Crippen LogP contribution in [0.3, 0.4) is 0 Å². The number of halogens is 4. The second-order valence-corrected chi connectivity index (χ2v) is 5.27. The summed E-state index contributed by atoms with van der Waals surface area (Å²) in [4.78, 5) is 0. The summed E-state index contributed by atoms with van der Waals surface area (Å²) in [6.07, 6.45) is -4.81. The minimum absolute atomic E-state index is 0.0642. The lowest BCUT2D eigenvalue weighted by atomic mass is 10.0.